The average molecular weight is 1240 g/mol. The van der Waals surface area contributed by atoms with E-state index >= 15 is 0 Å². The predicted octanol–water partition coefficient (Wildman–Crippen LogP) is 17.5. The van der Waals surface area contributed by atoms with Gasteiger partial charge in [-0.05, 0) is 96.3 Å². The Labute approximate surface area is 514 Å². The Morgan fingerprint density at radius 1 is 0.341 bits per heavy atom. The molecule has 0 rings (SSSR count). The van der Waals surface area contributed by atoms with Crippen LogP contribution >= 0.6 is 15.6 Å². The van der Waals surface area contributed by atoms with Crippen molar-refractivity contribution in [3.8, 4) is 0 Å². The average Bonchev–Trinajstić information content (AvgIpc) is 3.51. The highest BCUT2D eigenvalue weighted by molar-refractivity contribution is 7.47. The molecule has 0 heterocycles. The number of hydrogen-bond donors (Lipinski definition) is 4. The third-order valence-corrected chi connectivity index (χ3v) is 15.2. The molecule has 0 aliphatic carbocycles. The summed E-state index contributed by atoms with van der Waals surface area (Å²) >= 11 is 0. The number of aliphatic hydroxyl groups is 2. The predicted molar refractivity (Wildman–Crippen MR) is 344 cm³/mol. The maximum absolute atomic E-state index is 12.9. The summed E-state index contributed by atoms with van der Waals surface area (Å²) in [6, 6.07) is 0. The van der Waals surface area contributed by atoms with E-state index in [2.05, 4.69) is 118 Å². The Bertz CT molecular complexity index is 1940. The van der Waals surface area contributed by atoms with Crippen LogP contribution in [0.25, 0.3) is 0 Å². The van der Waals surface area contributed by atoms with Gasteiger partial charge in [-0.3, -0.25) is 32.5 Å². The minimum atomic E-state index is -4.92. The minimum Gasteiger partial charge on any atom is -0.463 e. The summed E-state index contributed by atoms with van der Waals surface area (Å²) in [5.41, 5.74) is 0. The van der Waals surface area contributed by atoms with Crippen LogP contribution in [0, 0.1) is 0 Å². The van der Waals surface area contributed by atoms with Gasteiger partial charge in [0.2, 0.25) is 0 Å². The normalized spacial score (nSPS) is 15.0. The van der Waals surface area contributed by atoms with E-state index in [1.807, 2.05) is 0 Å². The lowest BCUT2D eigenvalue weighted by molar-refractivity contribution is -0.161. The largest absolute Gasteiger partial charge is 0.472 e. The van der Waals surface area contributed by atoms with Gasteiger partial charge in [-0.2, -0.15) is 0 Å². The molecular formula is C67H116O16P2. The minimum absolute atomic E-state index is 0.104. The summed E-state index contributed by atoms with van der Waals surface area (Å²) in [5.74, 6) is -1.61. The fourth-order valence-electron chi connectivity index (χ4n) is 8.32. The summed E-state index contributed by atoms with van der Waals surface area (Å²) in [5, 5.41) is 20.5. The van der Waals surface area contributed by atoms with E-state index in [-0.39, 0.29) is 19.3 Å². The first kappa shape index (κ1) is 81.5. The van der Waals surface area contributed by atoms with Crippen molar-refractivity contribution < 1.29 is 75.8 Å². The molecule has 0 spiro atoms. The van der Waals surface area contributed by atoms with Gasteiger partial charge in [-0.15, -0.1) is 0 Å². The number of phosphoric ester groups is 2. The molecule has 0 aromatic heterocycles. The zero-order valence-corrected chi connectivity index (χ0v) is 54.5. The van der Waals surface area contributed by atoms with Gasteiger partial charge in [0.25, 0.3) is 0 Å². The van der Waals surface area contributed by atoms with E-state index in [9.17, 15) is 43.5 Å². The van der Waals surface area contributed by atoms with Crippen molar-refractivity contribution in [2.45, 2.75) is 270 Å². The zero-order chi connectivity index (χ0) is 62.4. The lowest BCUT2D eigenvalue weighted by Gasteiger charge is -2.21. The number of carbonyl (C=O) groups is 3. The number of aliphatic hydroxyl groups excluding tert-OH is 2. The van der Waals surface area contributed by atoms with E-state index in [1.165, 1.54) is 51.4 Å². The first-order valence-corrected chi connectivity index (χ1v) is 35.5. The van der Waals surface area contributed by atoms with Gasteiger partial charge in [-0.1, -0.05) is 234 Å². The van der Waals surface area contributed by atoms with Gasteiger partial charge >= 0.3 is 33.6 Å². The quantitative estimate of drug-likeness (QED) is 0.0146. The SMILES string of the molecule is CC/C=C\C/C=C\C/C=C\C/C=C\C/C=C\C/C=C\CCCCCCC(=O)OCC(O)COP(=O)(O)OCC(O)COP(=O)(O)OCC(COC(=O)CCCCCCC/C=C\C/C=C\CCC)OC(=O)CCCCCCCCCCCCCCC. The molecular weight excluding hydrogens is 1120 g/mol. The molecule has 0 aromatic rings. The van der Waals surface area contributed by atoms with Gasteiger partial charge < -0.3 is 34.2 Å². The van der Waals surface area contributed by atoms with Crippen molar-refractivity contribution in [3.05, 3.63) is 97.2 Å². The summed E-state index contributed by atoms with van der Waals surface area (Å²) in [6.07, 6.45) is 64.7. The van der Waals surface area contributed by atoms with Crippen LogP contribution in [0.2, 0.25) is 0 Å². The molecule has 16 nitrogen and oxygen atoms in total. The molecule has 18 heteroatoms. The lowest BCUT2D eigenvalue weighted by atomic mass is 10.0. The highest BCUT2D eigenvalue weighted by Crippen LogP contribution is 2.45. The molecule has 0 aromatic carbocycles. The second-order valence-corrected chi connectivity index (χ2v) is 24.4. The van der Waals surface area contributed by atoms with Crippen LogP contribution in [-0.4, -0.2) is 95.9 Å². The topological polar surface area (TPSA) is 231 Å². The number of allylic oxidation sites excluding steroid dienone is 16. The van der Waals surface area contributed by atoms with Gasteiger partial charge in [0.1, 0.15) is 25.4 Å². The third-order valence-electron chi connectivity index (χ3n) is 13.3. The number of hydrogen-bond acceptors (Lipinski definition) is 14. The molecule has 0 saturated carbocycles. The van der Waals surface area contributed by atoms with E-state index < -0.39 is 91.5 Å². The van der Waals surface area contributed by atoms with Crippen LogP contribution in [-0.2, 0) is 55.8 Å². The molecule has 4 N–H and O–H groups in total. The second kappa shape index (κ2) is 60.7. The van der Waals surface area contributed by atoms with Crippen molar-refractivity contribution >= 4 is 33.6 Å². The summed E-state index contributed by atoms with van der Waals surface area (Å²) < 4.78 is 60.7. The van der Waals surface area contributed by atoms with Crippen molar-refractivity contribution in [3.63, 3.8) is 0 Å². The number of esters is 3. The number of carbonyl (C=O) groups excluding carboxylic acids is 3. The maximum atomic E-state index is 12.9. The molecule has 0 bridgehead atoms. The fraction of sp³-hybridized carbons (Fsp3) is 0.716. The smallest absolute Gasteiger partial charge is 0.463 e. The van der Waals surface area contributed by atoms with Crippen molar-refractivity contribution in [1.29, 1.82) is 0 Å². The van der Waals surface area contributed by atoms with Crippen molar-refractivity contribution in [2.75, 3.05) is 39.6 Å². The summed E-state index contributed by atoms with van der Waals surface area (Å²) in [7, 11) is -9.77. The number of rotatable bonds is 61. The maximum Gasteiger partial charge on any atom is 0.472 e. The molecule has 0 radical (unpaired) electrons. The number of unbranched alkanes of at least 4 members (excludes halogenated alkanes) is 22. The summed E-state index contributed by atoms with van der Waals surface area (Å²) in [6.45, 7) is 2.43. The Balaban J connectivity index is 4.59. The number of ether oxygens (including phenoxy) is 3. The molecule has 0 amide bonds. The van der Waals surface area contributed by atoms with Crippen LogP contribution < -0.4 is 0 Å². The molecule has 5 atom stereocenters. The van der Waals surface area contributed by atoms with E-state index in [4.69, 9.17) is 32.3 Å². The Kier molecular flexibility index (Phi) is 58.2. The Morgan fingerprint density at radius 3 is 1.04 bits per heavy atom. The molecule has 0 saturated heterocycles. The van der Waals surface area contributed by atoms with Gasteiger partial charge in [0, 0.05) is 19.3 Å². The first-order valence-electron chi connectivity index (χ1n) is 32.5. The van der Waals surface area contributed by atoms with E-state index in [0.717, 1.165) is 141 Å². The van der Waals surface area contributed by atoms with Crippen LogP contribution in [0.15, 0.2) is 97.2 Å². The molecule has 5 unspecified atom stereocenters. The van der Waals surface area contributed by atoms with Crippen LogP contribution in [0.4, 0.5) is 0 Å². The molecule has 0 aliphatic rings. The van der Waals surface area contributed by atoms with E-state index in [1.54, 1.807) is 0 Å². The van der Waals surface area contributed by atoms with Crippen LogP contribution in [0.3, 0.4) is 0 Å². The third kappa shape index (κ3) is 61.9. The fourth-order valence-corrected chi connectivity index (χ4v) is 9.90. The van der Waals surface area contributed by atoms with Crippen LogP contribution in [0.1, 0.15) is 252 Å². The second-order valence-electron chi connectivity index (χ2n) is 21.5. The Morgan fingerprint density at radius 2 is 0.647 bits per heavy atom. The lowest BCUT2D eigenvalue weighted by Crippen LogP contribution is -2.30. The van der Waals surface area contributed by atoms with Crippen molar-refractivity contribution in [1.82, 2.24) is 0 Å². The molecule has 0 aliphatic heterocycles. The van der Waals surface area contributed by atoms with Gasteiger partial charge in [0.15, 0.2) is 6.10 Å². The van der Waals surface area contributed by atoms with Gasteiger partial charge in [-0.25, -0.2) is 9.13 Å². The highest BCUT2D eigenvalue weighted by atomic mass is 31.2. The van der Waals surface area contributed by atoms with Gasteiger partial charge in [0.05, 0.1) is 26.4 Å². The monoisotopic (exact) mass is 1240 g/mol. The zero-order valence-electron chi connectivity index (χ0n) is 52.8. The number of phosphoric acid groups is 2. The molecule has 490 valence electrons. The van der Waals surface area contributed by atoms with E-state index in [0.29, 0.717) is 19.3 Å². The highest BCUT2D eigenvalue weighted by Gasteiger charge is 2.29. The molecule has 85 heavy (non-hydrogen) atoms. The first-order chi connectivity index (χ1) is 41.2. The molecule has 0 fully saturated rings. The standard InChI is InChI=1S/C67H116O16P2/c1-4-7-10-13-16-19-22-25-26-27-28-29-30-31-32-33-34-37-39-41-44-47-50-53-65(70)77-56-62(68)57-79-84(73,74)80-58-63(69)59-81-85(75,76)82-61-64(83-67(72)55-52-49-46-43-40-36-24-21-18-15-12-9-6-3)60-78-66(71)54-51-48-45-42-38-35-23-20-17-14-11-8-5-2/h7,10-11,14,16,19-20,23,25-26,28-29,31-32,34,37,62-64,68-69H,4-6,8-9,12-13,15,17-18,21-22,24,27,30,33,35-36,38-61H2,1-3H3,(H,73,74)(H,75,76)/b10-7-,14-11-,19-16-,23-20-,26-25-,29-28-,32-31-,37-34-. The summed E-state index contributed by atoms with van der Waals surface area (Å²) in [4.78, 5) is 58.2. The Hall–Kier alpha value is -3.53. The van der Waals surface area contributed by atoms with Crippen LogP contribution in [0.5, 0.6) is 0 Å². The van der Waals surface area contributed by atoms with Crippen molar-refractivity contribution in [2.24, 2.45) is 0 Å².